The average Bonchev–Trinajstić information content (AvgIpc) is 2.73. The second-order valence-corrected chi connectivity index (χ2v) is 7.58. The van der Waals surface area contributed by atoms with Crippen LogP contribution in [0, 0.1) is 5.82 Å². The van der Waals surface area contributed by atoms with E-state index in [0.717, 1.165) is 50.4 Å². The Bertz CT molecular complexity index is 805. The molecule has 2 aromatic rings. The molecule has 1 atom stereocenters. The van der Waals surface area contributed by atoms with Crippen LogP contribution in [0.1, 0.15) is 36.6 Å². The molecule has 0 spiro atoms. The smallest absolute Gasteiger partial charge is 0.315 e. The zero-order chi connectivity index (χ0) is 20.6. The van der Waals surface area contributed by atoms with E-state index >= 15 is 0 Å². The van der Waals surface area contributed by atoms with Gasteiger partial charge in [0.2, 0.25) is 0 Å². The molecular formula is C23H31FN4O. The lowest BCUT2D eigenvalue weighted by atomic mass is 10.1. The van der Waals surface area contributed by atoms with Gasteiger partial charge < -0.3 is 15.5 Å². The summed E-state index contributed by atoms with van der Waals surface area (Å²) in [5.41, 5.74) is 3.11. The van der Waals surface area contributed by atoms with E-state index in [2.05, 4.69) is 39.5 Å². The minimum atomic E-state index is -0.301. The predicted molar refractivity (Wildman–Crippen MR) is 114 cm³/mol. The molecule has 2 amide bonds. The Hall–Kier alpha value is -2.44. The van der Waals surface area contributed by atoms with Gasteiger partial charge in [0.05, 0.1) is 6.04 Å². The van der Waals surface area contributed by atoms with Crippen molar-refractivity contribution in [2.75, 3.05) is 32.7 Å². The maximum atomic E-state index is 13.4. The average molecular weight is 399 g/mol. The van der Waals surface area contributed by atoms with Crippen LogP contribution in [0.25, 0.3) is 0 Å². The van der Waals surface area contributed by atoms with Crippen molar-refractivity contribution in [2.24, 2.45) is 0 Å². The molecule has 1 saturated heterocycles. The lowest BCUT2D eigenvalue weighted by Gasteiger charge is -2.34. The molecule has 0 aromatic heterocycles. The van der Waals surface area contributed by atoms with Crippen LogP contribution < -0.4 is 10.6 Å². The number of likely N-dealkylation sites (N-methyl/N-ethyl adjacent to an activating group) is 1. The summed E-state index contributed by atoms with van der Waals surface area (Å²) in [4.78, 5) is 17.3. The largest absolute Gasteiger partial charge is 0.334 e. The number of rotatable bonds is 7. The molecule has 0 saturated carbocycles. The standard InChI is InChI=1S/C23H31FN4O/c1-3-27-11-13-28(14-12-27)17-21-8-5-4-7-20(21)16-25-23(29)26-18(2)19-9-6-10-22(24)15-19/h4-10,15,18H,3,11-14,16-17H2,1-2H3,(H2,25,26,29)/t18-/m0/s1. The van der Waals surface area contributed by atoms with E-state index in [1.54, 1.807) is 6.07 Å². The minimum absolute atomic E-state index is 0.256. The first kappa shape index (κ1) is 21.3. The fourth-order valence-electron chi connectivity index (χ4n) is 3.67. The number of nitrogens with zero attached hydrogens (tertiary/aromatic N) is 2. The first-order valence-corrected chi connectivity index (χ1v) is 10.4. The van der Waals surface area contributed by atoms with Crippen LogP contribution in [0.2, 0.25) is 0 Å². The van der Waals surface area contributed by atoms with Gasteiger partial charge in [0.15, 0.2) is 0 Å². The summed E-state index contributed by atoms with van der Waals surface area (Å²) < 4.78 is 13.4. The van der Waals surface area contributed by atoms with Crippen molar-refractivity contribution < 1.29 is 9.18 Å². The summed E-state index contributed by atoms with van der Waals surface area (Å²) in [6.07, 6.45) is 0. The molecule has 0 unspecified atom stereocenters. The molecule has 1 aliphatic heterocycles. The first-order chi connectivity index (χ1) is 14.0. The topological polar surface area (TPSA) is 47.6 Å². The summed E-state index contributed by atoms with van der Waals surface area (Å²) >= 11 is 0. The third kappa shape index (κ3) is 6.27. The summed E-state index contributed by atoms with van der Waals surface area (Å²) in [7, 11) is 0. The SMILES string of the molecule is CCN1CCN(Cc2ccccc2CNC(=O)N[C@@H](C)c2cccc(F)c2)CC1. The molecule has 29 heavy (non-hydrogen) atoms. The van der Waals surface area contributed by atoms with Gasteiger partial charge in [-0.15, -0.1) is 0 Å². The zero-order valence-corrected chi connectivity index (χ0v) is 17.3. The van der Waals surface area contributed by atoms with E-state index in [1.165, 1.54) is 17.7 Å². The Balaban J connectivity index is 1.52. The van der Waals surface area contributed by atoms with Gasteiger partial charge in [-0.3, -0.25) is 4.90 Å². The van der Waals surface area contributed by atoms with Crippen molar-refractivity contribution in [3.05, 3.63) is 71.0 Å². The van der Waals surface area contributed by atoms with Gasteiger partial charge in [-0.2, -0.15) is 0 Å². The highest BCUT2D eigenvalue weighted by Gasteiger charge is 2.17. The van der Waals surface area contributed by atoms with Gasteiger partial charge in [-0.05, 0) is 42.3 Å². The first-order valence-electron chi connectivity index (χ1n) is 10.4. The molecule has 1 aliphatic rings. The molecule has 2 N–H and O–H groups in total. The van der Waals surface area contributed by atoms with Crippen LogP contribution in [0.15, 0.2) is 48.5 Å². The highest BCUT2D eigenvalue weighted by Crippen LogP contribution is 2.15. The van der Waals surface area contributed by atoms with E-state index < -0.39 is 0 Å². The van der Waals surface area contributed by atoms with Crippen molar-refractivity contribution >= 4 is 6.03 Å². The molecule has 0 radical (unpaired) electrons. The molecule has 6 heteroatoms. The second kappa shape index (κ2) is 10.4. The number of benzene rings is 2. The van der Waals surface area contributed by atoms with Gasteiger partial charge in [0, 0.05) is 39.3 Å². The molecule has 2 aromatic carbocycles. The summed E-state index contributed by atoms with van der Waals surface area (Å²) in [6, 6.07) is 14.0. The second-order valence-electron chi connectivity index (χ2n) is 7.58. The van der Waals surface area contributed by atoms with E-state index in [4.69, 9.17) is 0 Å². The van der Waals surface area contributed by atoms with Crippen LogP contribution in [0.5, 0.6) is 0 Å². The van der Waals surface area contributed by atoms with Gasteiger partial charge in [0.1, 0.15) is 5.82 Å². The number of hydrogen-bond acceptors (Lipinski definition) is 3. The Labute approximate surface area is 172 Å². The number of urea groups is 1. The quantitative estimate of drug-likeness (QED) is 0.750. The molecule has 3 rings (SSSR count). The van der Waals surface area contributed by atoms with Crippen molar-refractivity contribution in [3.8, 4) is 0 Å². The maximum Gasteiger partial charge on any atom is 0.315 e. The molecular weight excluding hydrogens is 367 g/mol. The van der Waals surface area contributed by atoms with Crippen molar-refractivity contribution in [2.45, 2.75) is 33.0 Å². The third-order valence-corrected chi connectivity index (χ3v) is 5.56. The van der Waals surface area contributed by atoms with Crippen LogP contribution >= 0.6 is 0 Å². The number of nitrogens with one attached hydrogen (secondary N) is 2. The van der Waals surface area contributed by atoms with Crippen molar-refractivity contribution in [1.82, 2.24) is 20.4 Å². The molecule has 0 aliphatic carbocycles. The Kier molecular flexibility index (Phi) is 7.61. The van der Waals surface area contributed by atoms with E-state index in [-0.39, 0.29) is 17.9 Å². The van der Waals surface area contributed by atoms with E-state index in [0.29, 0.717) is 6.54 Å². The lowest BCUT2D eigenvalue weighted by molar-refractivity contribution is 0.131. The van der Waals surface area contributed by atoms with E-state index in [1.807, 2.05) is 25.1 Å². The highest BCUT2D eigenvalue weighted by molar-refractivity contribution is 5.74. The molecule has 156 valence electrons. The Morgan fingerprint density at radius 1 is 1.03 bits per heavy atom. The maximum absolute atomic E-state index is 13.4. The van der Waals surface area contributed by atoms with Crippen LogP contribution in [0.3, 0.4) is 0 Å². The number of piperazine rings is 1. The highest BCUT2D eigenvalue weighted by atomic mass is 19.1. The summed E-state index contributed by atoms with van der Waals surface area (Å²) in [5, 5.41) is 5.81. The molecule has 1 fully saturated rings. The van der Waals surface area contributed by atoms with Crippen LogP contribution in [-0.2, 0) is 13.1 Å². The summed E-state index contributed by atoms with van der Waals surface area (Å²) in [6.45, 7) is 10.9. The zero-order valence-electron chi connectivity index (χ0n) is 17.3. The van der Waals surface area contributed by atoms with Gasteiger partial charge >= 0.3 is 6.03 Å². The lowest BCUT2D eigenvalue weighted by Crippen LogP contribution is -2.45. The van der Waals surface area contributed by atoms with Crippen LogP contribution in [-0.4, -0.2) is 48.6 Å². The Morgan fingerprint density at radius 3 is 2.41 bits per heavy atom. The summed E-state index contributed by atoms with van der Waals surface area (Å²) in [5.74, 6) is -0.301. The number of carbonyl (C=O) groups is 1. The molecule has 0 bridgehead atoms. The number of halogens is 1. The van der Waals surface area contributed by atoms with Gasteiger partial charge in [-0.1, -0.05) is 43.3 Å². The van der Waals surface area contributed by atoms with Crippen molar-refractivity contribution in [3.63, 3.8) is 0 Å². The predicted octanol–water partition coefficient (Wildman–Crippen LogP) is 3.52. The normalized spacial score (nSPS) is 16.4. The van der Waals surface area contributed by atoms with Crippen molar-refractivity contribution in [1.29, 1.82) is 0 Å². The van der Waals surface area contributed by atoms with Gasteiger partial charge in [0.25, 0.3) is 0 Å². The molecule has 5 nitrogen and oxygen atoms in total. The van der Waals surface area contributed by atoms with Crippen LogP contribution in [0.4, 0.5) is 9.18 Å². The van der Waals surface area contributed by atoms with E-state index in [9.17, 15) is 9.18 Å². The number of hydrogen-bond donors (Lipinski definition) is 2. The third-order valence-electron chi connectivity index (χ3n) is 5.56. The molecule has 1 heterocycles. The number of amides is 2. The fraction of sp³-hybridized carbons (Fsp3) is 0.435. The Morgan fingerprint density at radius 2 is 1.72 bits per heavy atom. The number of carbonyl (C=O) groups excluding carboxylic acids is 1. The minimum Gasteiger partial charge on any atom is -0.334 e. The monoisotopic (exact) mass is 398 g/mol. The van der Waals surface area contributed by atoms with Gasteiger partial charge in [-0.25, -0.2) is 9.18 Å². The fourth-order valence-corrected chi connectivity index (χ4v) is 3.67.